The predicted molar refractivity (Wildman–Crippen MR) is 114 cm³/mol. The molecule has 0 unspecified atom stereocenters. The first-order valence-electron chi connectivity index (χ1n) is 8.53. The summed E-state index contributed by atoms with van der Waals surface area (Å²) in [4.78, 5) is 17.8. The average molecular weight is 419 g/mol. The number of carbonyl (C=O) groups is 1. The Morgan fingerprint density at radius 1 is 1.11 bits per heavy atom. The van der Waals surface area contributed by atoms with E-state index in [1.54, 1.807) is 12.3 Å². The van der Waals surface area contributed by atoms with Crippen molar-refractivity contribution in [1.29, 1.82) is 0 Å². The van der Waals surface area contributed by atoms with Crippen LogP contribution >= 0.6 is 34.5 Å². The molecule has 1 aromatic heterocycles. The molecule has 1 heterocycles. The topological polar surface area (TPSA) is 42.0 Å². The normalized spacial score (nSPS) is 11.4. The van der Waals surface area contributed by atoms with Crippen LogP contribution in [0, 0.1) is 0 Å². The molecule has 27 heavy (non-hydrogen) atoms. The number of hydrogen-bond acceptors (Lipinski definition) is 3. The Balaban J connectivity index is 1.67. The molecule has 2 aromatic carbocycles. The number of nitrogens with zero attached hydrogens (tertiary/aromatic N) is 1. The molecule has 3 aromatic rings. The first-order chi connectivity index (χ1) is 12.7. The second-order valence-electron chi connectivity index (χ2n) is 7.33. The summed E-state index contributed by atoms with van der Waals surface area (Å²) in [5, 5.41) is 4.67. The van der Waals surface area contributed by atoms with Crippen LogP contribution in [0.15, 0.2) is 48.7 Å². The van der Waals surface area contributed by atoms with E-state index in [1.165, 1.54) is 16.9 Å². The van der Waals surface area contributed by atoms with Gasteiger partial charge in [0.25, 0.3) is 5.91 Å². The third-order valence-corrected chi connectivity index (χ3v) is 5.67. The minimum atomic E-state index is -0.166. The number of halogens is 2. The van der Waals surface area contributed by atoms with Gasteiger partial charge < -0.3 is 0 Å². The Morgan fingerprint density at radius 3 is 2.44 bits per heavy atom. The molecule has 140 valence electrons. The number of nitrogens with one attached hydrogen (secondary N) is 1. The highest BCUT2D eigenvalue weighted by Gasteiger charge is 2.15. The molecule has 0 saturated heterocycles. The number of carbonyl (C=O) groups excluding carboxylic acids is 1. The van der Waals surface area contributed by atoms with Gasteiger partial charge in [0.1, 0.15) is 0 Å². The van der Waals surface area contributed by atoms with Gasteiger partial charge in [0.2, 0.25) is 0 Å². The van der Waals surface area contributed by atoms with E-state index in [0.29, 0.717) is 27.2 Å². The van der Waals surface area contributed by atoms with Crippen molar-refractivity contribution in [3.05, 3.63) is 80.3 Å². The standard InChI is InChI=1S/C21H20Cl2N2OS/c1-21(2,3)15-7-4-13(5-8-15)19(26)25-20-24-12-17(27-20)10-14-6-9-16(22)11-18(14)23/h4-9,11-12H,10H2,1-3H3,(H,24,25,26). The van der Waals surface area contributed by atoms with Crippen LogP contribution in [-0.4, -0.2) is 10.9 Å². The molecule has 0 spiro atoms. The Labute approximate surface area is 173 Å². The van der Waals surface area contributed by atoms with E-state index >= 15 is 0 Å². The number of thiazole rings is 1. The Kier molecular flexibility index (Phi) is 5.89. The summed E-state index contributed by atoms with van der Waals surface area (Å²) in [6, 6.07) is 13.1. The van der Waals surface area contributed by atoms with E-state index < -0.39 is 0 Å². The first kappa shape index (κ1) is 19.9. The summed E-state index contributed by atoms with van der Waals surface area (Å²) in [5.74, 6) is -0.166. The number of hydrogen-bond donors (Lipinski definition) is 1. The molecule has 6 heteroatoms. The zero-order chi connectivity index (χ0) is 19.6. The fraction of sp³-hybridized carbons (Fsp3) is 0.238. The molecule has 0 aliphatic heterocycles. The van der Waals surface area contributed by atoms with E-state index in [9.17, 15) is 4.79 Å². The number of anilines is 1. The minimum absolute atomic E-state index is 0.0577. The largest absolute Gasteiger partial charge is 0.298 e. The molecule has 1 N–H and O–H groups in total. The van der Waals surface area contributed by atoms with Crippen LogP contribution in [0.25, 0.3) is 0 Å². The van der Waals surface area contributed by atoms with Gasteiger partial charge in [-0.3, -0.25) is 10.1 Å². The van der Waals surface area contributed by atoms with E-state index in [0.717, 1.165) is 10.4 Å². The highest BCUT2D eigenvalue weighted by molar-refractivity contribution is 7.15. The van der Waals surface area contributed by atoms with Gasteiger partial charge in [-0.1, -0.05) is 62.2 Å². The molecule has 0 aliphatic carbocycles. The monoisotopic (exact) mass is 418 g/mol. The van der Waals surface area contributed by atoms with Gasteiger partial charge in [-0.05, 0) is 40.8 Å². The van der Waals surface area contributed by atoms with Crippen LogP contribution in [0.4, 0.5) is 5.13 Å². The molecule has 1 amide bonds. The van der Waals surface area contributed by atoms with Crippen LogP contribution < -0.4 is 5.32 Å². The van der Waals surface area contributed by atoms with E-state index in [4.69, 9.17) is 23.2 Å². The van der Waals surface area contributed by atoms with Gasteiger partial charge in [0.15, 0.2) is 5.13 Å². The predicted octanol–water partition coefficient (Wildman–Crippen LogP) is 6.59. The molecular weight excluding hydrogens is 399 g/mol. The fourth-order valence-electron chi connectivity index (χ4n) is 2.59. The Bertz CT molecular complexity index is 959. The van der Waals surface area contributed by atoms with Crippen molar-refractivity contribution < 1.29 is 4.79 Å². The minimum Gasteiger partial charge on any atom is -0.298 e. The van der Waals surface area contributed by atoms with Gasteiger partial charge in [0, 0.05) is 33.1 Å². The lowest BCUT2D eigenvalue weighted by molar-refractivity contribution is 0.102. The van der Waals surface area contributed by atoms with Crippen LogP contribution in [0.3, 0.4) is 0 Å². The van der Waals surface area contributed by atoms with E-state index in [-0.39, 0.29) is 11.3 Å². The maximum atomic E-state index is 12.5. The molecule has 0 radical (unpaired) electrons. The third kappa shape index (κ3) is 5.10. The second kappa shape index (κ2) is 8.01. The zero-order valence-electron chi connectivity index (χ0n) is 15.3. The number of rotatable bonds is 4. The Morgan fingerprint density at radius 2 is 1.81 bits per heavy atom. The molecule has 0 fully saturated rings. The van der Waals surface area contributed by atoms with Crippen LogP contribution in [0.5, 0.6) is 0 Å². The van der Waals surface area contributed by atoms with Crippen LogP contribution in [0.1, 0.15) is 47.1 Å². The summed E-state index contributed by atoms with van der Waals surface area (Å²) in [6.45, 7) is 6.43. The van der Waals surface area contributed by atoms with Crippen molar-refractivity contribution >= 4 is 45.6 Å². The molecule has 0 atom stereocenters. The van der Waals surface area contributed by atoms with Crippen molar-refractivity contribution in [2.45, 2.75) is 32.6 Å². The van der Waals surface area contributed by atoms with Crippen molar-refractivity contribution in [1.82, 2.24) is 4.98 Å². The van der Waals surface area contributed by atoms with Crippen LogP contribution in [0.2, 0.25) is 10.0 Å². The fourth-order valence-corrected chi connectivity index (χ4v) is 3.90. The second-order valence-corrected chi connectivity index (χ2v) is 9.28. The lowest BCUT2D eigenvalue weighted by Crippen LogP contribution is -2.14. The molecule has 0 aliphatic rings. The lowest BCUT2D eigenvalue weighted by Gasteiger charge is -2.18. The highest BCUT2D eigenvalue weighted by atomic mass is 35.5. The quantitative estimate of drug-likeness (QED) is 0.518. The summed E-state index contributed by atoms with van der Waals surface area (Å²) in [5.41, 5.74) is 2.83. The Hall–Kier alpha value is -1.88. The lowest BCUT2D eigenvalue weighted by atomic mass is 9.87. The summed E-state index contributed by atoms with van der Waals surface area (Å²) in [7, 11) is 0. The van der Waals surface area contributed by atoms with Crippen LogP contribution in [-0.2, 0) is 11.8 Å². The smallest absolute Gasteiger partial charge is 0.257 e. The summed E-state index contributed by atoms with van der Waals surface area (Å²) < 4.78 is 0. The maximum Gasteiger partial charge on any atom is 0.257 e. The van der Waals surface area contributed by atoms with Gasteiger partial charge >= 0.3 is 0 Å². The number of benzene rings is 2. The van der Waals surface area contributed by atoms with E-state index in [2.05, 4.69) is 31.1 Å². The number of amides is 1. The van der Waals surface area contributed by atoms with E-state index in [1.807, 2.05) is 36.4 Å². The van der Waals surface area contributed by atoms with Crippen molar-refractivity contribution in [2.24, 2.45) is 0 Å². The molecular formula is C21H20Cl2N2OS. The van der Waals surface area contributed by atoms with Gasteiger partial charge in [-0.2, -0.15) is 0 Å². The third-order valence-electron chi connectivity index (χ3n) is 4.17. The maximum absolute atomic E-state index is 12.5. The van der Waals surface area contributed by atoms with Crippen molar-refractivity contribution in [3.8, 4) is 0 Å². The molecule has 3 rings (SSSR count). The highest BCUT2D eigenvalue weighted by Crippen LogP contribution is 2.27. The molecule has 0 bridgehead atoms. The number of aromatic nitrogens is 1. The average Bonchev–Trinajstić information content (AvgIpc) is 3.04. The summed E-state index contributed by atoms with van der Waals surface area (Å²) in [6.07, 6.45) is 2.40. The first-order valence-corrected chi connectivity index (χ1v) is 10.1. The van der Waals surface area contributed by atoms with Crippen molar-refractivity contribution in [2.75, 3.05) is 5.32 Å². The van der Waals surface area contributed by atoms with Gasteiger partial charge in [-0.25, -0.2) is 4.98 Å². The molecule has 3 nitrogen and oxygen atoms in total. The summed E-state index contributed by atoms with van der Waals surface area (Å²) >= 11 is 13.6. The van der Waals surface area contributed by atoms with Gasteiger partial charge in [0.05, 0.1) is 0 Å². The van der Waals surface area contributed by atoms with Crippen molar-refractivity contribution in [3.63, 3.8) is 0 Å². The van der Waals surface area contributed by atoms with Gasteiger partial charge in [-0.15, -0.1) is 11.3 Å². The SMILES string of the molecule is CC(C)(C)c1ccc(C(=O)Nc2ncc(Cc3ccc(Cl)cc3Cl)s2)cc1. The zero-order valence-corrected chi connectivity index (χ0v) is 17.7. The molecule has 0 saturated carbocycles.